The monoisotopic (exact) mass is 323 g/mol. The first-order chi connectivity index (χ1) is 11.1. The summed E-state index contributed by atoms with van der Waals surface area (Å²) in [6, 6.07) is 10.3. The molecule has 3 aromatic rings. The first kappa shape index (κ1) is 14.2. The molecule has 0 bridgehead atoms. The second-order valence-corrected chi connectivity index (χ2v) is 6.98. The first-order valence-electron chi connectivity index (χ1n) is 7.64. The van der Waals surface area contributed by atoms with E-state index in [0.29, 0.717) is 4.88 Å². The SMILES string of the molecule is Cn1ncc2c1-c1c(Cc3ccccc3)sc(C(N)=O)c1CC2. The summed E-state index contributed by atoms with van der Waals surface area (Å²) in [4.78, 5) is 13.8. The summed E-state index contributed by atoms with van der Waals surface area (Å²) in [6.07, 6.45) is 4.52. The predicted molar refractivity (Wildman–Crippen MR) is 91.7 cm³/mol. The number of hydrogen-bond acceptors (Lipinski definition) is 3. The number of aryl methyl sites for hydroxylation is 2. The van der Waals surface area contributed by atoms with Crippen molar-refractivity contribution in [2.75, 3.05) is 0 Å². The van der Waals surface area contributed by atoms with Gasteiger partial charge in [0.25, 0.3) is 5.91 Å². The predicted octanol–water partition coefficient (Wildman–Crippen LogP) is 2.94. The maximum Gasteiger partial charge on any atom is 0.259 e. The number of nitrogens with two attached hydrogens (primary N) is 1. The number of hydrogen-bond donors (Lipinski definition) is 1. The molecule has 2 heterocycles. The molecule has 2 N–H and O–H groups in total. The van der Waals surface area contributed by atoms with Crippen molar-refractivity contribution in [3.63, 3.8) is 0 Å². The summed E-state index contributed by atoms with van der Waals surface area (Å²) in [6.45, 7) is 0. The molecule has 0 atom stereocenters. The fourth-order valence-corrected chi connectivity index (χ4v) is 4.62. The molecule has 0 fully saturated rings. The van der Waals surface area contributed by atoms with Gasteiger partial charge in [0, 0.05) is 23.9 Å². The van der Waals surface area contributed by atoms with Crippen LogP contribution in [0, 0.1) is 0 Å². The average molecular weight is 323 g/mol. The van der Waals surface area contributed by atoms with Gasteiger partial charge in [-0.05, 0) is 29.5 Å². The van der Waals surface area contributed by atoms with Gasteiger partial charge in [-0.2, -0.15) is 5.10 Å². The van der Waals surface area contributed by atoms with Crippen LogP contribution in [0.15, 0.2) is 36.5 Å². The van der Waals surface area contributed by atoms with Crippen molar-refractivity contribution in [1.29, 1.82) is 0 Å². The molecule has 0 saturated heterocycles. The highest BCUT2D eigenvalue weighted by atomic mass is 32.1. The van der Waals surface area contributed by atoms with E-state index in [-0.39, 0.29) is 5.91 Å². The first-order valence-corrected chi connectivity index (χ1v) is 8.46. The summed E-state index contributed by atoms with van der Waals surface area (Å²) >= 11 is 1.54. The van der Waals surface area contributed by atoms with E-state index in [4.69, 9.17) is 5.73 Å². The van der Waals surface area contributed by atoms with Gasteiger partial charge in [-0.15, -0.1) is 11.3 Å². The summed E-state index contributed by atoms with van der Waals surface area (Å²) in [5, 5.41) is 4.40. The van der Waals surface area contributed by atoms with Crippen LogP contribution in [0.1, 0.15) is 31.2 Å². The zero-order chi connectivity index (χ0) is 16.0. The number of carbonyl (C=O) groups is 1. The van der Waals surface area contributed by atoms with Crippen molar-refractivity contribution in [3.8, 4) is 11.3 Å². The third-order valence-electron chi connectivity index (χ3n) is 4.41. The van der Waals surface area contributed by atoms with Gasteiger partial charge < -0.3 is 5.73 Å². The molecule has 0 unspecified atom stereocenters. The Hall–Kier alpha value is -2.40. The number of aromatic nitrogens is 2. The maximum atomic E-state index is 11.9. The van der Waals surface area contributed by atoms with E-state index in [9.17, 15) is 4.79 Å². The number of rotatable bonds is 3. The van der Waals surface area contributed by atoms with E-state index in [1.807, 2.05) is 36.1 Å². The number of amides is 1. The lowest BCUT2D eigenvalue weighted by molar-refractivity contribution is 0.100. The number of nitrogens with zero attached hydrogens (tertiary/aromatic N) is 2. The van der Waals surface area contributed by atoms with Gasteiger partial charge in [0.1, 0.15) is 0 Å². The molecule has 1 aliphatic carbocycles. The third kappa shape index (κ3) is 2.28. The van der Waals surface area contributed by atoms with E-state index in [1.54, 1.807) is 0 Å². The number of fused-ring (bicyclic) bond motifs is 3. The van der Waals surface area contributed by atoms with Crippen molar-refractivity contribution in [3.05, 3.63) is 63.0 Å². The fourth-order valence-electron chi connectivity index (χ4n) is 3.38. The van der Waals surface area contributed by atoms with Crippen LogP contribution in [-0.2, 0) is 26.3 Å². The smallest absolute Gasteiger partial charge is 0.259 e. The number of primary amides is 1. The quantitative estimate of drug-likeness (QED) is 0.805. The molecule has 0 aliphatic heterocycles. The molecule has 2 aromatic heterocycles. The normalized spacial score (nSPS) is 12.7. The Morgan fingerprint density at radius 3 is 2.83 bits per heavy atom. The highest BCUT2D eigenvalue weighted by Gasteiger charge is 2.29. The molecule has 1 aromatic carbocycles. The summed E-state index contributed by atoms with van der Waals surface area (Å²) < 4.78 is 1.92. The van der Waals surface area contributed by atoms with Gasteiger partial charge in [-0.1, -0.05) is 30.3 Å². The third-order valence-corrected chi connectivity index (χ3v) is 5.65. The lowest BCUT2D eigenvalue weighted by Gasteiger charge is -2.16. The topological polar surface area (TPSA) is 60.9 Å². The molecule has 116 valence electrons. The second-order valence-electron chi connectivity index (χ2n) is 5.88. The van der Waals surface area contributed by atoms with Crippen molar-refractivity contribution < 1.29 is 4.79 Å². The van der Waals surface area contributed by atoms with Gasteiger partial charge in [-0.25, -0.2) is 0 Å². The molecule has 4 nitrogen and oxygen atoms in total. The number of thiophene rings is 1. The maximum absolute atomic E-state index is 11.9. The molecule has 0 radical (unpaired) electrons. The van der Waals surface area contributed by atoms with Crippen LogP contribution in [0.2, 0.25) is 0 Å². The zero-order valence-corrected chi connectivity index (χ0v) is 13.7. The highest BCUT2D eigenvalue weighted by molar-refractivity contribution is 7.14. The lowest BCUT2D eigenvalue weighted by atomic mass is 9.89. The van der Waals surface area contributed by atoms with E-state index in [2.05, 4.69) is 17.2 Å². The summed E-state index contributed by atoms with van der Waals surface area (Å²) in [7, 11) is 1.96. The molecule has 23 heavy (non-hydrogen) atoms. The van der Waals surface area contributed by atoms with E-state index in [1.165, 1.54) is 32.9 Å². The molecular weight excluding hydrogens is 306 g/mol. The van der Waals surface area contributed by atoms with Gasteiger partial charge in [0.15, 0.2) is 0 Å². The summed E-state index contributed by atoms with van der Waals surface area (Å²) in [5.74, 6) is -0.323. The van der Waals surface area contributed by atoms with Crippen LogP contribution in [-0.4, -0.2) is 15.7 Å². The summed E-state index contributed by atoms with van der Waals surface area (Å²) in [5.41, 5.74) is 11.5. The molecule has 4 rings (SSSR count). The fraction of sp³-hybridized carbons (Fsp3) is 0.222. The highest BCUT2D eigenvalue weighted by Crippen LogP contribution is 2.43. The second kappa shape index (κ2) is 5.35. The van der Waals surface area contributed by atoms with Crippen LogP contribution < -0.4 is 5.73 Å². The van der Waals surface area contributed by atoms with Gasteiger partial charge in [-0.3, -0.25) is 9.48 Å². The van der Waals surface area contributed by atoms with Crippen molar-refractivity contribution in [1.82, 2.24) is 9.78 Å². The Balaban J connectivity index is 1.91. The Bertz CT molecular complexity index is 893. The van der Waals surface area contributed by atoms with Crippen molar-refractivity contribution in [2.45, 2.75) is 19.3 Å². The van der Waals surface area contributed by atoms with E-state index in [0.717, 1.165) is 30.5 Å². The van der Waals surface area contributed by atoms with Crippen molar-refractivity contribution in [2.24, 2.45) is 12.8 Å². The van der Waals surface area contributed by atoms with Crippen LogP contribution >= 0.6 is 11.3 Å². The van der Waals surface area contributed by atoms with Gasteiger partial charge in [0.05, 0.1) is 16.8 Å². The Morgan fingerprint density at radius 1 is 1.30 bits per heavy atom. The standard InChI is InChI=1S/C18H17N3OS/c1-21-16-12(10-20-21)7-8-13-15(16)14(23-17(13)18(19)22)9-11-5-3-2-4-6-11/h2-6,10H,7-9H2,1H3,(H2,19,22). The van der Waals surface area contributed by atoms with Crippen LogP contribution in [0.4, 0.5) is 0 Å². The Kier molecular flexibility index (Phi) is 3.31. The Morgan fingerprint density at radius 2 is 2.09 bits per heavy atom. The molecule has 5 heteroatoms. The van der Waals surface area contributed by atoms with Crippen LogP contribution in [0.3, 0.4) is 0 Å². The molecular formula is C18H17N3OS. The van der Waals surface area contributed by atoms with Crippen molar-refractivity contribution >= 4 is 17.2 Å². The Labute approximate surface area is 138 Å². The average Bonchev–Trinajstić information content (AvgIpc) is 3.10. The van der Waals surface area contributed by atoms with Gasteiger partial charge >= 0.3 is 0 Å². The zero-order valence-electron chi connectivity index (χ0n) is 12.9. The van der Waals surface area contributed by atoms with Crippen LogP contribution in [0.5, 0.6) is 0 Å². The number of carbonyl (C=O) groups excluding carboxylic acids is 1. The van der Waals surface area contributed by atoms with Crippen LogP contribution in [0.25, 0.3) is 11.3 Å². The minimum absolute atomic E-state index is 0.323. The molecule has 1 aliphatic rings. The lowest BCUT2D eigenvalue weighted by Crippen LogP contribution is -2.13. The molecule has 0 saturated carbocycles. The minimum Gasteiger partial charge on any atom is -0.365 e. The van der Waals surface area contributed by atoms with E-state index >= 15 is 0 Å². The number of benzene rings is 1. The minimum atomic E-state index is -0.323. The largest absolute Gasteiger partial charge is 0.365 e. The van der Waals surface area contributed by atoms with E-state index < -0.39 is 0 Å². The molecule has 1 amide bonds. The molecule has 0 spiro atoms. The van der Waals surface area contributed by atoms with Gasteiger partial charge in [0.2, 0.25) is 0 Å².